The van der Waals surface area contributed by atoms with E-state index in [0.717, 1.165) is 12.1 Å². The van der Waals surface area contributed by atoms with Crippen molar-refractivity contribution in [2.45, 2.75) is 18.1 Å². The molecule has 1 saturated carbocycles. The maximum Gasteiger partial charge on any atom is 0.230 e. The highest BCUT2D eigenvalue weighted by molar-refractivity contribution is 7.90. The van der Waals surface area contributed by atoms with Crippen LogP contribution >= 0.6 is 0 Å². The Balaban J connectivity index is 1.58. The van der Waals surface area contributed by atoms with Gasteiger partial charge in [0.2, 0.25) is 15.9 Å². The molecule has 8 heteroatoms. The number of carbonyl (C=O) groups excluding carboxylic acids is 1. The molecule has 2 fully saturated rings. The van der Waals surface area contributed by atoms with Crippen molar-refractivity contribution in [2.24, 2.45) is 5.92 Å². The van der Waals surface area contributed by atoms with Crippen molar-refractivity contribution >= 4 is 21.6 Å². The van der Waals surface area contributed by atoms with Crippen LogP contribution in [0.15, 0.2) is 18.2 Å². The fourth-order valence-electron chi connectivity index (χ4n) is 2.21. The number of rotatable bonds is 4. The summed E-state index contributed by atoms with van der Waals surface area (Å²) in [5.74, 6) is -2.54. The molecule has 1 aromatic rings. The minimum Gasteiger partial charge on any atom is -0.323 e. The van der Waals surface area contributed by atoms with Crippen LogP contribution in [-0.2, 0) is 14.8 Å². The molecule has 1 aliphatic heterocycles. The van der Waals surface area contributed by atoms with Gasteiger partial charge >= 0.3 is 0 Å². The highest BCUT2D eigenvalue weighted by Crippen LogP contribution is 2.34. The van der Waals surface area contributed by atoms with E-state index in [1.807, 2.05) is 0 Å². The third kappa shape index (κ3) is 2.77. The van der Waals surface area contributed by atoms with E-state index in [1.54, 1.807) is 0 Å². The van der Waals surface area contributed by atoms with Gasteiger partial charge < -0.3 is 5.32 Å². The second kappa shape index (κ2) is 5.03. The van der Waals surface area contributed by atoms with Crippen LogP contribution in [0.3, 0.4) is 0 Å². The lowest BCUT2D eigenvalue weighted by molar-refractivity contribution is -0.122. The van der Waals surface area contributed by atoms with Crippen molar-refractivity contribution in [1.82, 2.24) is 4.31 Å². The first-order valence-electron chi connectivity index (χ1n) is 6.63. The van der Waals surface area contributed by atoms with Crippen molar-refractivity contribution in [1.29, 1.82) is 0 Å². The molecule has 0 spiro atoms. The van der Waals surface area contributed by atoms with Crippen LogP contribution in [0, 0.1) is 17.6 Å². The van der Waals surface area contributed by atoms with Crippen LogP contribution in [-0.4, -0.2) is 37.0 Å². The molecule has 1 aliphatic carbocycles. The smallest absolute Gasteiger partial charge is 0.230 e. The van der Waals surface area contributed by atoms with E-state index in [-0.39, 0.29) is 24.0 Å². The zero-order chi connectivity index (χ0) is 15.2. The second-order valence-electron chi connectivity index (χ2n) is 5.37. The average molecular weight is 316 g/mol. The molecule has 3 rings (SSSR count). The van der Waals surface area contributed by atoms with E-state index < -0.39 is 33.5 Å². The molecule has 2 aliphatic rings. The summed E-state index contributed by atoms with van der Waals surface area (Å²) in [5.41, 5.74) is -0.107. The molecule has 0 unspecified atom stereocenters. The monoisotopic (exact) mass is 316 g/mol. The highest BCUT2D eigenvalue weighted by Gasteiger charge is 2.46. The molecule has 0 bridgehead atoms. The van der Waals surface area contributed by atoms with Crippen molar-refractivity contribution in [3.8, 4) is 0 Å². The first-order valence-corrected chi connectivity index (χ1v) is 8.13. The highest BCUT2D eigenvalue weighted by atomic mass is 32.2. The lowest BCUT2D eigenvalue weighted by atomic mass is 10.0. The Kier molecular flexibility index (Phi) is 3.45. The maximum absolute atomic E-state index is 13.4. The first-order chi connectivity index (χ1) is 9.88. The van der Waals surface area contributed by atoms with Gasteiger partial charge in [-0.15, -0.1) is 0 Å². The summed E-state index contributed by atoms with van der Waals surface area (Å²) >= 11 is 0. The number of hydrogen-bond acceptors (Lipinski definition) is 3. The Morgan fingerprint density at radius 1 is 1.24 bits per heavy atom. The molecule has 5 nitrogen and oxygen atoms in total. The number of hydrogen-bond donors (Lipinski definition) is 1. The molecule has 0 radical (unpaired) electrons. The Bertz CT molecular complexity index is 683. The quantitative estimate of drug-likeness (QED) is 0.911. The maximum atomic E-state index is 13.4. The van der Waals surface area contributed by atoms with Crippen LogP contribution in [0.25, 0.3) is 0 Å². The Morgan fingerprint density at radius 2 is 1.90 bits per heavy atom. The normalized spacial score (nSPS) is 20.1. The fraction of sp³-hybridized carbons (Fsp3) is 0.462. The summed E-state index contributed by atoms with van der Waals surface area (Å²) in [7, 11) is -3.25. The van der Waals surface area contributed by atoms with Gasteiger partial charge in [-0.3, -0.25) is 4.79 Å². The molecule has 114 valence electrons. The van der Waals surface area contributed by atoms with Gasteiger partial charge in [0.25, 0.3) is 0 Å². The first kappa shape index (κ1) is 14.4. The van der Waals surface area contributed by atoms with Gasteiger partial charge in [0, 0.05) is 19.2 Å². The minimum atomic E-state index is -3.25. The lowest BCUT2D eigenvalue weighted by Gasteiger charge is -2.37. The van der Waals surface area contributed by atoms with Gasteiger partial charge in [0.05, 0.1) is 16.9 Å². The Hall–Kier alpha value is -1.54. The number of halogens is 2. The molecule has 0 atom stereocenters. The van der Waals surface area contributed by atoms with E-state index in [9.17, 15) is 22.0 Å². The summed E-state index contributed by atoms with van der Waals surface area (Å²) in [6.07, 6.45) is 1.35. The third-order valence-electron chi connectivity index (χ3n) is 3.71. The molecule has 1 saturated heterocycles. The molecule has 1 amide bonds. The van der Waals surface area contributed by atoms with Crippen molar-refractivity contribution in [3.05, 3.63) is 29.8 Å². The molecular weight excluding hydrogens is 302 g/mol. The SMILES string of the molecule is O=C(Nc1ccc(F)cc1F)C1CN(S(=O)(=O)C2CC2)C1. The van der Waals surface area contributed by atoms with Gasteiger partial charge in [-0.25, -0.2) is 17.2 Å². The molecule has 1 heterocycles. The van der Waals surface area contributed by atoms with Crippen molar-refractivity contribution in [3.63, 3.8) is 0 Å². The van der Waals surface area contributed by atoms with Gasteiger partial charge in [0.15, 0.2) is 0 Å². The summed E-state index contributed by atoms with van der Waals surface area (Å²) in [4.78, 5) is 11.9. The van der Waals surface area contributed by atoms with E-state index in [4.69, 9.17) is 0 Å². The Morgan fingerprint density at radius 3 is 2.48 bits per heavy atom. The summed E-state index contributed by atoms with van der Waals surface area (Å²) in [5, 5.41) is 2.06. The number of carbonyl (C=O) groups is 1. The van der Waals surface area contributed by atoms with Crippen LogP contribution in [0.4, 0.5) is 14.5 Å². The molecule has 21 heavy (non-hydrogen) atoms. The van der Waals surface area contributed by atoms with E-state index in [0.29, 0.717) is 18.9 Å². The van der Waals surface area contributed by atoms with Crippen LogP contribution < -0.4 is 5.32 Å². The predicted octanol–water partition coefficient (Wildman–Crippen LogP) is 1.33. The molecular formula is C13H14F2N2O3S. The third-order valence-corrected chi connectivity index (χ3v) is 6.05. The Labute approximate surface area is 121 Å². The molecule has 1 aromatic carbocycles. The largest absolute Gasteiger partial charge is 0.323 e. The van der Waals surface area contributed by atoms with E-state index in [2.05, 4.69) is 5.32 Å². The lowest BCUT2D eigenvalue weighted by Crippen LogP contribution is -2.55. The standard InChI is InChI=1S/C13H14F2N2O3S/c14-9-1-4-12(11(15)5-9)16-13(18)8-6-17(7-8)21(19,20)10-2-3-10/h1,4-5,8,10H,2-3,6-7H2,(H,16,18). The van der Waals surface area contributed by atoms with Crippen LogP contribution in [0.5, 0.6) is 0 Å². The summed E-state index contributed by atoms with van der Waals surface area (Å²) in [6.45, 7) is 0.237. The van der Waals surface area contributed by atoms with Crippen molar-refractivity contribution < 1.29 is 22.0 Å². The fourth-order valence-corrected chi connectivity index (χ4v) is 4.14. The van der Waals surface area contributed by atoms with E-state index >= 15 is 0 Å². The number of benzene rings is 1. The topological polar surface area (TPSA) is 66.5 Å². The van der Waals surface area contributed by atoms with Gasteiger partial charge in [0.1, 0.15) is 11.6 Å². The van der Waals surface area contributed by atoms with Crippen LogP contribution in [0.1, 0.15) is 12.8 Å². The zero-order valence-corrected chi connectivity index (χ0v) is 11.9. The minimum absolute atomic E-state index is 0.107. The average Bonchev–Trinajstić information content (AvgIpc) is 3.14. The number of nitrogens with zero attached hydrogens (tertiary/aromatic N) is 1. The molecule has 0 aromatic heterocycles. The summed E-state index contributed by atoms with van der Waals surface area (Å²) in [6, 6.07) is 2.86. The van der Waals surface area contributed by atoms with Gasteiger partial charge in [-0.05, 0) is 25.0 Å². The molecule has 1 N–H and O–H groups in total. The van der Waals surface area contributed by atoms with Gasteiger partial charge in [-0.2, -0.15) is 4.31 Å². The van der Waals surface area contributed by atoms with Crippen LogP contribution in [0.2, 0.25) is 0 Å². The summed E-state index contributed by atoms with van der Waals surface area (Å²) < 4.78 is 51.2. The predicted molar refractivity (Wildman–Crippen MR) is 72.0 cm³/mol. The number of nitrogens with one attached hydrogen (secondary N) is 1. The zero-order valence-electron chi connectivity index (χ0n) is 11.1. The van der Waals surface area contributed by atoms with E-state index in [1.165, 1.54) is 4.31 Å². The second-order valence-corrected chi connectivity index (χ2v) is 7.58. The number of amides is 1. The van der Waals surface area contributed by atoms with Gasteiger partial charge in [-0.1, -0.05) is 0 Å². The number of sulfonamides is 1. The van der Waals surface area contributed by atoms with Crippen molar-refractivity contribution in [2.75, 3.05) is 18.4 Å². The number of anilines is 1.